The molecule has 0 radical (unpaired) electrons. The number of benzene rings is 1. The number of sulfonamides is 1. The molecule has 0 aliphatic rings. The van der Waals surface area contributed by atoms with Crippen LogP contribution in [-0.2, 0) is 10.0 Å². The number of hydrogen-bond acceptors (Lipinski definition) is 3. The van der Waals surface area contributed by atoms with Crippen LogP contribution in [0.2, 0.25) is 0 Å². The predicted octanol–water partition coefficient (Wildman–Crippen LogP) is 2.12. The summed E-state index contributed by atoms with van der Waals surface area (Å²) in [5, 5.41) is 0. The van der Waals surface area contributed by atoms with Gasteiger partial charge in [0.25, 0.3) is 0 Å². The summed E-state index contributed by atoms with van der Waals surface area (Å²) in [4.78, 5) is -0.359. The second kappa shape index (κ2) is 6.15. The molecule has 102 valence electrons. The zero-order valence-electron chi connectivity index (χ0n) is 10.6. The van der Waals surface area contributed by atoms with Gasteiger partial charge in [0.1, 0.15) is 10.7 Å². The van der Waals surface area contributed by atoms with Gasteiger partial charge in [0.2, 0.25) is 10.0 Å². The molecule has 0 spiro atoms. The Morgan fingerprint density at radius 2 is 1.94 bits per heavy atom. The Labute approximate surface area is 107 Å². The molecule has 0 unspecified atom stereocenters. The summed E-state index contributed by atoms with van der Waals surface area (Å²) < 4.78 is 39.8. The van der Waals surface area contributed by atoms with Crippen LogP contribution in [-0.4, -0.2) is 15.0 Å². The molecule has 0 fully saturated rings. The monoisotopic (exact) mass is 274 g/mol. The van der Waals surface area contributed by atoms with Gasteiger partial charge in [-0.25, -0.2) is 17.5 Å². The number of nitrogens with one attached hydrogen (secondary N) is 1. The molecular formula is C12H19FN2O2S. The third-order valence-electron chi connectivity index (χ3n) is 2.96. The van der Waals surface area contributed by atoms with Crippen LogP contribution in [0.3, 0.4) is 0 Å². The van der Waals surface area contributed by atoms with Crippen LogP contribution in [0.15, 0.2) is 23.1 Å². The van der Waals surface area contributed by atoms with E-state index in [4.69, 9.17) is 5.73 Å². The maximum atomic E-state index is 13.5. The average Bonchev–Trinajstić information content (AvgIpc) is 2.29. The van der Waals surface area contributed by atoms with Gasteiger partial charge in [-0.05, 0) is 24.1 Å². The molecule has 0 aliphatic heterocycles. The van der Waals surface area contributed by atoms with Crippen molar-refractivity contribution in [1.29, 1.82) is 0 Å². The van der Waals surface area contributed by atoms with Crippen LogP contribution in [0.4, 0.5) is 10.1 Å². The molecule has 0 atom stereocenters. The van der Waals surface area contributed by atoms with Crippen LogP contribution in [0.5, 0.6) is 0 Å². The summed E-state index contributed by atoms with van der Waals surface area (Å²) >= 11 is 0. The summed E-state index contributed by atoms with van der Waals surface area (Å²) in [5.74, 6) is -0.566. The lowest BCUT2D eigenvalue weighted by Gasteiger charge is -2.14. The van der Waals surface area contributed by atoms with Gasteiger partial charge in [-0.2, -0.15) is 0 Å². The van der Waals surface area contributed by atoms with Crippen LogP contribution in [0.1, 0.15) is 26.7 Å². The maximum absolute atomic E-state index is 13.5. The zero-order valence-corrected chi connectivity index (χ0v) is 11.4. The van der Waals surface area contributed by atoms with Crippen LogP contribution >= 0.6 is 0 Å². The summed E-state index contributed by atoms with van der Waals surface area (Å²) in [5.41, 5.74) is 5.58. The molecule has 0 saturated carbocycles. The van der Waals surface area contributed by atoms with Gasteiger partial charge in [-0.1, -0.05) is 26.7 Å². The third-order valence-corrected chi connectivity index (χ3v) is 4.42. The van der Waals surface area contributed by atoms with Gasteiger partial charge in [-0.3, -0.25) is 0 Å². The number of nitrogen functional groups attached to an aromatic ring is 1. The van der Waals surface area contributed by atoms with Gasteiger partial charge in [0.15, 0.2) is 0 Å². The minimum Gasteiger partial charge on any atom is -0.399 e. The smallest absolute Gasteiger partial charge is 0.243 e. The van der Waals surface area contributed by atoms with Gasteiger partial charge >= 0.3 is 0 Å². The normalized spacial score (nSPS) is 12.0. The van der Waals surface area contributed by atoms with E-state index in [1.54, 1.807) is 0 Å². The van der Waals surface area contributed by atoms with Crippen molar-refractivity contribution in [3.63, 3.8) is 0 Å². The predicted molar refractivity (Wildman–Crippen MR) is 70.1 cm³/mol. The Bertz CT molecular complexity index is 499. The maximum Gasteiger partial charge on any atom is 0.243 e. The fourth-order valence-electron chi connectivity index (χ4n) is 1.62. The Morgan fingerprint density at radius 3 is 2.44 bits per heavy atom. The molecule has 0 bridgehead atoms. The standard InChI is InChI=1S/C12H19FN2O2S/c1-3-9(4-2)8-15-18(16,17)12-6-5-10(14)7-11(12)13/h5-7,9,15H,3-4,8,14H2,1-2H3. The van der Waals surface area contributed by atoms with E-state index in [0.29, 0.717) is 6.54 Å². The van der Waals surface area contributed by atoms with Gasteiger partial charge in [0.05, 0.1) is 0 Å². The summed E-state index contributed by atoms with van der Waals surface area (Å²) in [7, 11) is -3.80. The second-order valence-corrected chi connectivity index (χ2v) is 5.96. The van der Waals surface area contributed by atoms with E-state index in [9.17, 15) is 12.8 Å². The van der Waals surface area contributed by atoms with E-state index in [1.165, 1.54) is 12.1 Å². The molecule has 1 aromatic rings. The van der Waals surface area contributed by atoms with Crippen molar-refractivity contribution >= 4 is 15.7 Å². The molecule has 0 heterocycles. The Kier molecular flexibility index (Phi) is 5.10. The first-order valence-corrected chi connectivity index (χ1v) is 7.43. The van der Waals surface area contributed by atoms with Crippen LogP contribution in [0.25, 0.3) is 0 Å². The van der Waals surface area contributed by atoms with Crippen molar-refractivity contribution in [2.45, 2.75) is 31.6 Å². The largest absolute Gasteiger partial charge is 0.399 e. The van der Waals surface area contributed by atoms with Crippen molar-refractivity contribution in [3.05, 3.63) is 24.0 Å². The molecule has 1 rings (SSSR count). The third kappa shape index (κ3) is 3.68. The molecular weight excluding hydrogens is 255 g/mol. The molecule has 4 nitrogen and oxygen atoms in total. The highest BCUT2D eigenvalue weighted by molar-refractivity contribution is 7.89. The van der Waals surface area contributed by atoms with Crippen LogP contribution in [0, 0.1) is 11.7 Å². The topological polar surface area (TPSA) is 72.2 Å². The van der Waals surface area contributed by atoms with E-state index in [-0.39, 0.29) is 16.5 Å². The number of hydrogen-bond donors (Lipinski definition) is 2. The van der Waals surface area contributed by atoms with Gasteiger partial charge in [0, 0.05) is 12.2 Å². The quantitative estimate of drug-likeness (QED) is 0.780. The first-order chi connectivity index (χ1) is 8.40. The van der Waals surface area contributed by atoms with Crippen LogP contribution < -0.4 is 10.5 Å². The summed E-state index contributed by atoms with van der Waals surface area (Å²) in [6.07, 6.45) is 1.76. The number of anilines is 1. The zero-order chi connectivity index (χ0) is 13.8. The fraction of sp³-hybridized carbons (Fsp3) is 0.500. The lowest BCUT2D eigenvalue weighted by molar-refractivity contribution is 0.477. The van der Waals surface area contributed by atoms with Crippen molar-refractivity contribution in [3.8, 4) is 0 Å². The Morgan fingerprint density at radius 1 is 1.33 bits per heavy atom. The first-order valence-electron chi connectivity index (χ1n) is 5.95. The molecule has 0 amide bonds. The van der Waals surface area contributed by atoms with E-state index in [2.05, 4.69) is 4.72 Å². The highest BCUT2D eigenvalue weighted by Crippen LogP contribution is 2.17. The second-order valence-electron chi connectivity index (χ2n) is 4.22. The minimum absolute atomic E-state index is 0.200. The number of nitrogens with two attached hydrogens (primary N) is 1. The lowest BCUT2D eigenvalue weighted by atomic mass is 10.0. The van der Waals surface area contributed by atoms with E-state index < -0.39 is 15.8 Å². The number of rotatable bonds is 6. The highest BCUT2D eigenvalue weighted by atomic mass is 32.2. The molecule has 0 saturated heterocycles. The molecule has 0 aromatic heterocycles. The average molecular weight is 274 g/mol. The van der Waals surface area contributed by atoms with Crippen molar-refractivity contribution in [1.82, 2.24) is 4.72 Å². The first kappa shape index (κ1) is 14.9. The number of halogens is 1. The molecule has 1 aromatic carbocycles. The molecule has 18 heavy (non-hydrogen) atoms. The Balaban J connectivity index is 2.86. The summed E-state index contributed by atoms with van der Waals surface area (Å²) in [6, 6.07) is 3.56. The summed E-state index contributed by atoms with van der Waals surface area (Å²) in [6.45, 7) is 4.30. The lowest BCUT2D eigenvalue weighted by Crippen LogP contribution is -2.29. The fourth-order valence-corrected chi connectivity index (χ4v) is 2.79. The van der Waals surface area contributed by atoms with Crippen molar-refractivity contribution < 1.29 is 12.8 Å². The van der Waals surface area contributed by atoms with Gasteiger partial charge in [-0.15, -0.1) is 0 Å². The van der Waals surface area contributed by atoms with Gasteiger partial charge < -0.3 is 5.73 Å². The molecule has 6 heteroatoms. The minimum atomic E-state index is -3.80. The van der Waals surface area contributed by atoms with E-state index in [1.807, 2.05) is 13.8 Å². The van der Waals surface area contributed by atoms with E-state index in [0.717, 1.165) is 18.9 Å². The van der Waals surface area contributed by atoms with E-state index >= 15 is 0 Å². The molecule has 0 aliphatic carbocycles. The van der Waals surface area contributed by atoms with Crippen molar-refractivity contribution in [2.75, 3.05) is 12.3 Å². The Hall–Kier alpha value is -1.14. The molecule has 3 N–H and O–H groups in total. The SMILES string of the molecule is CCC(CC)CNS(=O)(=O)c1ccc(N)cc1F. The van der Waals surface area contributed by atoms with Crippen molar-refractivity contribution in [2.24, 2.45) is 5.92 Å². The highest BCUT2D eigenvalue weighted by Gasteiger charge is 2.19.